The molecule has 0 amide bonds. The number of fused-ring (bicyclic) bond motifs is 1. The van der Waals surface area contributed by atoms with E-state index in [0.717, 1.165) is 23.2 Å². The van der Waals surface area contributed by atoms with E-state index in [-0.39, 0.29) is 11.9 Å². The van der Waals surface area contributed by atoms with E-state index in [0.29, 0.717) is 18.9 Å². The largest absolute Gasteiger partial charge is 0.490 e. The second-order valence-electron chi connectivity index (χ2n) is 4.76. The Hall–Kier alpha value is -1.88. The summed E-state index contributed by atoms with van der Waals surface area (Å²) in [5, 5.41) is 10.4. The Morgan fingerprint density at radius 1 is 1.53 bits per heavy atom. The first-order valence-electron chi connectivity index (χ1n) is 6.39. The highest BCUT2D eigenvalue weighted by atomic mass is 19.1. The first-order valence-corrected chi connectivity index (χ1v) is 6.39. The summed E-state index contributed by atoms with van der Waals surface area (Å²) in [4.78, 5) is 0. The number of H-pyrrole nitrogens is 1. The number of aryl methyl sites for hydroxylation is 1. The van der Waals surface area contributed by atoms with E-state index >= 15 is 0 Å². The molecule has 0 saturated heterocycles. The second-order valence-corrected chi connectivity index (χ2v) is 4.76. The van der Waals surface area contributed by atoms with Gasteiger partial charge in [-0.1, -0.05) is 12.1 Å². The van der Waals surface area contributed by atoms with Crippen LogP contribution in [-0.4, -0.2) is 16.8 Å². The van der Waals surface area contributed by atoms with E-state index < -0.39 is 0 Å². The van der Waals surface area contributed by atoms with E-state index in [4.69, 9.17) is 4.74 Å². The van der Waals surface area contributed by atoms with Gasteiger partial charge in [-0.15, -0.1) is 0 Å². The van der Waals surface area contributed by atoms with E-state index in [1.807, 2.05) is 13.0 Å². The summed E-state index contributed by atoms with van der Waals surface area (Å²) in [6, 6.07) is 5.18. The van der Waals surface area contributed by atoms with Gasteiger partial charge in [-0.2, -0.15) is 5.10 Å². The number of rotatable bonds is 3. The van der Waals surface area contributed by atoms with Crippen LogP contribution >= 0.6 is 0 Å². The number of nitrogens with zero attached hydrogens (tertiary/aromatic N) is 1. The van der Waals surface area contributed by atoms with Gasteiger partial charge in [0.05, 0.1) is 18.5 Å². The molecule has 0 unspecified atom stereocenters. The number of benzene rings is 1. The average Bonchev–Trinajstić information content (AvgIpc) is 2.82. The molecule has 2 heterocycles. The van der Waals surface area contributed by atoms with Crippen LogP contribution in [-0.2, 0) is 6.54 Å². The minimum absolute atomic E-state index is 0.113. The van der Waals surface area contributed by atoms with Crippen molar-refractivity contribution < 1.29 is 9.13 Å². The molecule has 1 aromatic heterocycles. The van der Waals surface area contributed by atoms with E-state index in [9.17, 15) is 4.39 Å². The Balaban J connectivity index is 1.77. The van der Waals surface area contributed by atoms with Gasteiger partial charge in [-0.25, -0.2) is 4.39 Å². The number of ether oxygens (including phenoxy) is 1. The highest BCUT2D eigenvalue weighted by Gasteiger charge is 2.23. The van der Waals surface area contributed by atoms with Crippen LogP contribution in [0.25, 0.3) is 0 Å². The minimum atomic E-state index is -0.290. The molecule has 100 valence electrons. The minimum Gasteiger partial charge on any atom is -0.490 e. The lowest BCUT2D eigenvalue weighted by Crippen LogP contribution is -2.27. The van der Waals surface area contributed by atoms with Gasteiger partial charge in [0.2, 0.25) is 0 Å². The van der Waals surface area contributed by atoms with Gasteiger partial charge >= 0.3 is 0 Å². The van der Waals surface area contributed by atoms with Crippen molar-refractivity contribution >= 4 is 0 Å². The first kappa shape index (κ1) is 12.2. The molecule has 5 heteroatoms. The fourth-order valence-corrected chi connectivity index (χ4v) is 2.38. The number of hydrogen-bond donors (Lipinski definition) is 2. The molecular formula is C14H16FN3O. The predicted octanol–water partition coefficient (Wildman–Crippen LogP) is 2.47. The Kier molecular flexibility index (Phi) is 3.21. The number of hydrogen-bond acceptors (Lipinski definition) is 3. The van der Waals surface area contributed by atoms with Crippen molar-refractivity contribution in [2.75, 3.05) is 6.61 Å². The van der Waals surface area contributed by atoms with Crippen LogP contribution in [0, 0.1) is 12.7 Å². The van der Waals surface area contributed by atoms with Gasteiger partial charge in [-0.05, 0) is 18.6 Å². The molecule has 1 aliphatic heterocycles. The lowest BCUT2D eigenvalue weighted by atomic mass is 10.00. The molecular weight excluding hydrogens is 245 g/mol. The van der Waals surface area contributed by atoms with Crippen LogP contribution in [0.15, 0.2) is 24.4 Å². The van der Waals surface area contributed by atoms with Crippen molar-refractivity contribution in [2.24, 2.45) is 0 Å². The molecule has 0 radical (unpaired) electrons. The smallest absolute Gasteiger partial charge is 0.165 e. The van der Waals surface area contributed by atoms with Gasteiger partial charge in [-0.3, -0.25) is 5.10 Å². The van der Waals surface area contributed by atoms with Crippen molar-refractivity contribution in [3.05, 3.63) is 47.0 Å². The maximum atomic E-state index is 13.7. The maximum absolute atomic E-state index is 13.7. The molecule has 2 aromatic rings. The number of halogens is 1. The normalized spacial score (nSPS) is 17.9. The van der Waals surface area contributed by atoms with E-state index in [2.05, 4.69) is 15.5 Å². The quantitative estimate of drug-likeness (QED) is 0.892. The Morgan fingerprint density at radius 2 is 2.42 bits per heavy atom. The maximum Gasteiger partial charge on any atom is 0.165 e. The van der Waals surface area contributed by atoms with Gasteiger partial charge in [0, 0.05) is 24.6 Å². The summed E-state index contributed by atoms with van der Waals surface area (Å²) in [5.74, 6) is 0.0919. The Bertz CT molecular complexity index is 582. The van der Waals surface area contributed by atoms with Gasteiger partial charge in [0.15, 0.2) is 11.6 Å². The molecule has 19 heavy (non-hydrogen) atoms. The zero-order chi connectivity index (χ0) is 13.2. The van der Waals surface area contributed by atoms with Crippen molar-refractivity contribution in [3.8, 4) is 5.75 Å². The molecule has 1 aliphatic rings. The van der Waals surface area contributed by atoms with Gasteiger partial charge in [0.25, 0.3) is 0 Å². The highest BCUT2D eigenvalue weighted by Crippen LogP contribution is 2.34. The predicted molar refractivity (Wildman–Crippen MR) is 69.4 cm³/mol. The first-order chi connectivity index (χ1) is 9.25. The Morgan fingerprint density at radius 3 is 3.21 bits per heavy atom. The van der Waals surface area contributed by atoms with Crippen LogP contribution < -0.4 is 10.1 Å². The van der Waals surface area contributed by atoms with Gasteiger partial charge < -0.3 is 10.1 Å². The third-order valence-electron chi connectivity index (χ3n) is 3.48. The number of para-hydroxylation sites is 1. The lowest BCUT2D eigenvalue weighted by molar-refractivity contribution is 0.240. The number of aromatic nitrogens is 2. The lowest BCUT2D eigenvalue weighted by Gasteiger charge is -2.27. The fraction of sp³-hybridized carbons (Fsp3) is 0.357. The zero-order valence-electron chi connectivity index (χ0n) is 10.7. The summed E-state index contributed by atoms with van der Waals surface area (Å²) in [7, 11) is 0. The van der Waals surface area contributed by atoms with Gasteiger partial charge in [0.1, 0.15) is 0 Å². The summed E-state index contributed by atoms with van der Waals surface area (Å²) in [5.41, 5.74) is 3.08. The van der Waals surface area contributed by atoms with Crippen LogP contribution in [0.1, 0.15) is 29.3 Å². The van der Waals surface area contributed by atoms with Crippen molar-refractivity contribution in [2.45, 2.75) is 25.9 Å². The summed E-state index contributed by atoms with van der Waals surface area (Å²) >= 11 is 0. The average molecular weight is 261 g/mol. The van der Waals surface area contributed by atoms with E-state index in [1.165, 1.54) is 6.07 Å². The molecule has 1 atom stereocenters. The standard InChI is InChI=1S/C14H16FN3O/c1-9-7-17-18-13(9)8-16-12-5-6-19-14-10(12)3-2-4-11(14)15/h2-4,7,12,16H,5-6,8H2,1H3,(H,17,18)/t12-/m1/s1. The third kappa shape index (κ3) is 2.33. The monoisotopic (exact) mass is 261 g/mol. The molecule has 0 spiro atoms. The summed E-state index contributed by atoms with van der Waals surface area (Å²) in [6.45, 7) is 3.23. The van der Waals surface area contributed by atoms with Crippen molar-refractivity contribution in [3.63, 3.8) is 0 Å². The topological polar surface area (TPSA) is 49.9 Å². The van der Waals surface area contributed by atoms with Crippen LogP contribution in [0.3, 0.4) is 0 Å². The Labute approximate surface area is 111 Å². The molecule has 0 aliphatic carbocycles. The summed E-state index contributed by atoms with van der Waals surface area (Å²) in [6.07, 6.45) is 2.64. The molecule has 2 N–H and O–H groups in total. The third-order valence-corrected chi connectivity index (χ3v) is 3.48. The van der Waals surface area contributed by atoms with Crippen LogP contribution in [0.5, 0.6) is 5.75 Å². The van der Waals surface area contributed by atoms with Crippen molar-refractivity contribution in [1.82, 2.24) is 15.5 Å². The molecule has 0 bridgehead atoms. The highest BCUT2D eigenvalue weighted by molar-refractivity contribution is 5.38. The molecule has 4 nitrogen and oxygen atoms in total. The second kappa shape index (κ2) is 5.01. The molecule has 0 fully saturated rings. The number of aromatic amines is 1. The molecule has 3 rings (SSSR count). The molecule has 1 aromatic carbocycles. The van der Waals surface area contributed by atoms with Crippen molar-refractivity contribution in [1.29, 1.82) is 0 Å². The molecule has 0 saturated carbocycles. The van der Waals surface area contributed by atoms with Crippen LogP contribution in [0.2, 0.25) is 0 Å². The zero-order valence-corrected chi connectivity index (χ0v) is 10.7. The fourth-order valence-electron chi connectivity index (χ4n) is 2.38. The number of nitrogens with one attached hydrogen (secondary N) is 2. The van der Waals surface area contributed by atoms with E-state index in [1.54, 1.807) is 12.3 Å². The van der Waals surface area contributed by atoms with Crippen LogP contribution in [0.4, 0.5) is 4.39 Å². The summed E-state index contributed by atoms with van der Waals surface area (Å²) < 4.78 is 19.1. The SMILES string of the molecule is Cc1cn[nH]c1CN[C@@H]1CCOc2c(F)cccc21.